The molecule has 0 saturated heterocycles. The van der Waals surface area contributed by atoms with Crippen molar-refractivity contribution in [3.63, 3.8) is 0 Å². The number of hydrogen-bond donors (Lipinski definition) is 2. The molecule has 0 amide bonds. The fraction of sp³-hybridized carbons (Fsp3) is 0.143. The summed E-state index contributed by atoms with van der Waals surface area (Å²) in [6.45, 7) is 1.96. The van der Waals surface area contributed by atoms with Gasteiger partial charge >= 0.3 is 0 Å². The molecule has 0 bridgehead atoms. The van der Waals surface area contributed by atoms with Crippen LogP contribution in [-0.2, 0) is 0 Å². The molecule has 1 rings (SSSR count). The van der Waals surface area contributed by atoms with E-state index in [9.17, 15) is 0 Å². The highest BCUT2D eigenvalue weighted by Crippen LogP contribution is 2.05. The highest BCUT2D eigenvalue weighted by Gasteiger charge is 1.95. The number of para-hydroxylation sites is 1. The molecular formula is C7H10NO+. The number of aryl methyl sites for hydroxylation is 1. The summed E-state index contributed by atoms with van der Waals surface area (Å²) in [5.74, 6) is 0. The van der Waals surface area contributed by atoms with E-state index in [1.165, 1.54) is 0 Å². The molecule has 1 aromatic rings. The van der Waals surface area contributed by atoms with E-state index in [1.54, 1.807) is 0 Å². The summed E-state index contributed by atoms with van der Waals surface area (Å²) in [5.41, 5.74) is 3.10. The van der Waals surface area contributed by atoms with Crippen LogP contribution in [0.15, 0.2) is 24.3 Å². The molecule has 2 heteroatoms. The van der Waals surface area contributed by atoms with Crippen LogP contribution in [0.3, 0.4) is 0 Å². The summed E-state index contributed by atoms with van der Waals surface area (Å²) in [7, 11) is 0. The number of benzene rings is 1. The molecule has 0 fully saturated rings. The van der Waals surface area contributed by atoms with Crippen LogP contribution in [-0.4, -0.2) is 5.21 Å². The van der Waals surface area contributed by atoms with Crippen LogP contribution in [0.1, 0.15) is 5.56 Å². The first-order valence-corrected chi connectivity index (χ1v) is 2.87. The van der Waals surface area contributed by atoms with Gasteiger partial charge in [-0.25, -0.2) is 5.21 Å². The van der Waals surface area contributed by atoms with Crippen LogP contribution >= 0.6 is 0 Å². The van der Waals surface area contributed by atoms with E-state index in [0.717, 1.165) is 16.7 Å². The SMILES string of the molecule is Cc1ccccc1[NH2+]O. The normalized spacial score (nSPS) is 9.56. The molecule has 0 saturated carbocycles. The molecule has 1 aromatic carbocycles. The molecule has 2 nitrogen and oxygen atoms in total. The molecule has 0 aliphatic carbocycles. The standard InChI is InChI=1S/C7H9NO/c1-6-4-2-3-5-7(6)8-9/h2-5,8-9H,1H3/p+1. The fourth-order valence-corrected chi connectivity index (χ4v) is 0.732. The fourth-order valence-electron chi connectivity index (χ4n) is 0.732. The second-order valence-electron chi connectivity index (χ2n) is 1.99. The summed E-state index contributed by atoms with van der Waals surface area (Å²) in [4.78, 5) is 0. The van der Waals surface area contributed by atoms with Crippen LogP contribution in [0, 0.1) is 6.92 Å². The Kier molecular flexibility index (Phi) is 1.82. The first-order valence-electron chi connectivity index (χ1n) is 2.87. The molecule has 0 heterocycles. The van der Waals surface area contributed by atoms with Gasteiger partial charge in [-0.3, -0.25) is 0 Å². The van der Waals surface area contributed by atoms with Crippen LogP contribution < -0.4 is 5.48 Å². The summed E-state index contributed by atoms with van der Waals surface area (Å²) in [5, 5.41) is 8.59. The number of quaternary nitrogens is 1. The molecule has 9 heavy (non-hydrogen) atoms. The summed E-state index contributed by atoms with van der Waals surface area (Å²) in [6.07, 6.45) is 0. The van der Waals surface area contributed by atoms with E-state index in [0.29, 0.717) is 0 Å². The molecule has 0 unspecified atom stereocenters. The van der Waals surface area contributed by atoms with Gasteiger partial charge in [0, 0.05) is 11.6 Å². The first-order chi connectivity index (χ1) is 4.34. The molecule has 0 aliphatic rings. The zero-order valence-electron chi connectivity index (χ0n) is 5.33. The predicted molar refractivity (Wildman–Crippen MR) is 34.6 cm³/mol. The Hall–Kier alpha value is -0.860. The van der Waals surface area contributed by atoms with Crippen molar-refractivity contribution in [2.45, 2.75) is 6.92 Å². The van der Waals surface area contributed by atoms with E-state index in [4.69, 9.17) is 5.21 Å². The van der Waals surface area contributed by atoms with Gasteiger partial charge in [-0.1, -0.05) is 18.2 Å². The molecule has 0 spiro atoms. The van der Waals surface area contributed by atoms with Crippen molar-refractivity contribution in [1.82, 2.24) is 0 Å². The van der Waals surface area contributed by atoms with Crippen LogP contribution in [0.25, 0.3) is 0 Å². The monoisotopic (exact) mass is 124 g/mol. The van der Waals surface area contributed by atoms with Crippen molar-refractivity contribution < 1.29 is 10.7 Å². The predicted octanol–water partition coefficient (Wildman–Crippen LogP) is 0.579. The van der Waals surface area contributed by atoms with Crippen molar-refractivity contribution in [2.75, 3.05) is 0 Å². The zero-order chi connectivity index (χ0) is 6.69. The van der Waals surface area contributed by atoms with E-state index in [1.807, 2.05) is 31.2 Å². The second-order valence-corrected chi connectivity index (χ2v) is 1.99. The molecule has 48 valence electrons. The Morgan fingerprint density at radius 2 is 2.00 bits per heavy atom. The van der Waals surface area contributed by atoms with Crippen molar-refractivity contribution in [1.29, 1.82) is 0 Å². The second kappa shape index (κ2) is 2.62. The van der Waals surface area contributed by atoms with E-state index < -0.39 is 0 Å². The lowest BCUT2D eigenvalue weighted by atomic mass is 10.2. The van der Waals surface area contributed by atoms with Crippen LogP contribution in [0.4, 0.5) is 5.69 Å². The van der Waals surface area contributed by atoms with Crippen molar-refractivity contribution in [3.8, 4) is 0 Å². The molecule has 0 atom stereocenters. The van der Waals surface area contributed by atoms with Gasteiger partial charge < -0.3 is 0 Å². The molecule has 3 N–H and O–H groups in total. The summed E-state index contributed by atoms with van der Waals surface area (Å²) in [6, 6.07) is 7.68. The molecule has 0 radical (unpaired) electrons. The number of rotatable bonds is 1. The Bertz CT molecular complexity index is 198. The zero-order valence-corrected chi connectivity index (χ0v) is 5.33. The van der Waals surface area contributed by atoms with Gasteiger partial charge in [-0.15, -0.1) is 0 Å². The first kappa shape index (κ1) is 6.26. The summed E-state index contributed by atoms with van der Waals surface area (Å²) >= 11 is 0. The minimum absolute atomic E-state index is 0.887. The van der Waals surface area contributed by atoms with E-state index in [-0.39, 0.29) is 0 Å². The maximum absolute atomic E-state index is 8.59. The van der Waals surface area contributed by atoms with Crippen molar-refractivity contribution in [2.24, 2.45) is 0 Å². The smallest absolute Gasteiger partial charge is 0.164 e. The van der Waals surface area contributed by atoms with E-state index in [2.05, 4.69) is 0 Å². The van der Waals surface area contributed by atoms with E-state index >= 15 is 0 Å². The van der Waals surface area contributed by atoms with Crippen LogP contribution in [0.5, 0.6) is 0 Å². The van der Waals surface area contributed by atoms with Gasteiger partial charge in [0.25, 0.3) is 0 Å². The lowest BCUT2D eigenvalue weighted by Crippen LogP contribution is -2.74. The lowest BCUT2D eigenvalue weighted by molar-refractivity contribution is -0.826. The molecular weight excluding hydrogens is 114 g/mol. The number of nitrogens with two attached hydrogens (primary N) is 1. The molecule has 0 aliphatic heterocycles. The molecule has 0 aromatic heterocycles. The van der Waals surface area contributed by atoms with Crippen molar-refractivity contribution >= 4 is 5.69 Å². The highest BCUT2D eigenvalue weighted by atomic mass is 16.5. The van der Waals surface area contributed by atoms with Gasteiger partial charge in [0.1, 0.15) is 0 Å². The highest BCUT2D eigenvalue weighted by molar-refractivity contribution is 5.36. The Morgan fingerprint density at radius 1 is 1.33 bits per heavy atom. The Labute approximate surface area is 54.1 Å². The van der Waals surface area contributed by atoms with Gasteiger partial charge in [0.2, 0.25) is 0 Å². The third-order valence-corrected chi connectivity index (χ3v) is 1.33. The van der Waals surface area contributed by atoms with Crippen molar-refractivity contribution in [3.05, 3.63) is 29.8 Å². The summed E-state index contributed by atoms with van der Waals surface area (Å²) < 4.78 is 0. The lowest BCUT2D eigenvalue weighted by Gasteiger charge is -1.94. The third kappa shape index (κ3) is 1.28. The largest absolute Gasteiger partial charge is 0.215 e. The van der Waals surface area contributed by atoms with Gasteiger partial charge in [0.05, 0.1) is 0 Å². The van der Waals surface area contributed by atoms with Gasteiger partial charge in [-0.2, -0.15) is 5.48 Å². The van der Waals surface area contributed by atoms with Gasteiger partial charge in [-0.05, 0) is 6.92 Å². The van der Waals surface area contributed by atoms with Gasteiger partial charge in [0.15, 0.2) is 5.69 Å². The average Bonchev–Trinajstić information content (AvgIpc) is 1.89. The maximum atomic E-state index is 8.59. The minimum atomic E-state index is 0.887. The Morgan fingerprint density at radius 3 is 2.44 bits per heavy atom. The topological polar surface area (TPSA) is 36.8 Å². The maximum Gasteiger partial charge on any atom is 0.164 e. The number of hydrogen-bond acceptors (Lipinski definition) is 1. The quantitative estimate of drug-likeness (QED) is 0.417. The average molecular weight is 124 g/mol. The van der Waals surface area contributed by atoms with Crippen LogP contribution in [0.2, 0.25) is 0 Å². The minimum Gasteiger partial charge on any atom is -0.215 e. The third-order valence-electron chi connectivity index (χ3n) is 1.33. The Balaban J connectivity index is 3.01.